The number of anilines is 1. The highest BCUT2D eigenvalue weighted by atomic mass is 79.9. The molecule has 2 aromatic rings. The van der Waals surface area contributed by atoms with E-state index in [0.29, 0.717) is 0 Å². The number of nitrogen functional groups attached to an aromatic ring is 1. The van der Waals surface area contributed by atoms with Gasteiger partial charge >= 0.3 is 0 Å². The lowest BCUT2D eigenvalue weighted by Gasteiger charge is -2.07. The van der Waals surface area contributed by atoms with Gasteiger partial charge in [-0.05, 0) is 41.6 Å². The predicted octanol–water partition coefficient (Wildman–Crippen LogP) is 3.69. The Kier molecular flexibility index (Phi) is 4.20. The molecule has 3 N–H and O–H groups in total. The molecule has 1 aromatic heterocycles. The molecule has 2 nitrogen and oxygen atoms in total. The van der Waals surface area contributed by atoms with Gasteiger partial charge in [-0.25, -0.2) is 0 Å². The summed E-state index contributed by atoms with van der Waals surface area (Å²) in [7, 11) is 0. The summed E-state index contributed by atoms with van der Waals surface area (Å²) in [4.78, 5) is 1.39. The van der Waals surface area contributed by atoms with Crippen molar-refractivity contribution < 1.29 is 0 Å². The van der Waals surface area contributed by atoms with Crippen LogP contribution in [-0.4, -0.2) is 0 Å². The van der Waals surface area contributed by atoms with Gasteiger partial charge < -0.3 is 11.1 Å². The van der Waals surface area contributed by atoms with Gasteiger partial charge in [0.15, 0.2) is 0 Å². The maximum Gasteiger partial charge on any atom is 0.0370 e. The van der Waals surface area contributed by atoms with E-state index in [9.17, 15) is 0 Å². The second-order valence-corrected chi connectivity index (χ2v) is 5.89. The van der Waals surface area contributed by atoms with Crippen molar-refractivity contribution in [3.63, 3.8) is 0 Å². The van der Waals surface area contributed by atoms with Gasteiger partial charge in [-0.1, -0.05) is 22.0 Å². The summed E-state index contributed by atoms with van der Waals surface area (Å²) in [6.45, 7) is 3.84. The SMILES string of the molecule is Cc1ccsc1CNCc1ccc(Br)cc1N. The summed E-state index contributed by atoms with van der Waals surface area (Å²) in [5, 5.41) is 5.55. The fourth-order valence-electron chi connectivity index (χ4n) is 1.62. The molecule has 1 heterocycles. The highest BCUT2D eigenvalue weighted by Crippen LogP contribution is 2.19. The Morgan fingerprint density at radius 1 is 1.29 bits per heavy atom. The Hall–Kier alpha value is -0.840. The third-order valence-corrected chi connectivity index (χ3v) is 4.19. The number of aryl methyl sites for hydroxylation is 1. The van der Waals surface area contributed by atoms with Gasteiger partial charge in [0.1, 0.15) is 0 Å². The van der Waals surface area contributed by atoms with Crippen LogP contribution in [0.15, 0.2) is 34.1 Å². The number of hydrogen-bond acceptors (Lipinski definition) is 3. The van der Waals surface area contributed by atoms with Gasteiger partial charge in [0.2, 0.25) is 0 Å². The highest BCUT2D eigenvalue weighted by molar-refractivity contribution is 9.10. The zero-order chi connectivity index (χ0) is 12.3. The van der Waals surface area contributed by atoms with Crippen molar-refractivity contribution in [2.45, 2.75) is 20.0 Å². The molecular weight excluding hydrogens is 296 g/mol. The average Bonchev–Trinajstić information content (AvgIpc) is 2.68. The summed E-state index contributed by atoms with van der Waals surface area (Å²) in [6, 6.07) is 8.15. The van der Waals surface area contributed by atoms with Crippen LogP contribution in [0, 0.1) is 6.92 Å². The van der Waals surface area contributed by atoms with Crippen LogP contribution in [-0.2, 0) is 13.1 Å². The smallest absolute Gasteiger partial charge is 0.0370 e. The second kappa shape index (κ2) is 5.67. The third-order valence-electron chi connectivity index (χ3n) is 2.68. The monoisotopic (exact) mass is 310 g/mol. The molecule has 0 aliphatic heterocycles. The molecule has 90 valence electrons. The van der Waals surface area contributed by atoms with Gasteiger partial charge in [-0.2, -0.15) is 0 Å². The zero-order valence-corrected chi connectivity index (χ0v) is 12.1. The summed E-state index contributed by atoms with van der Waals surface area (Å²) in [5.74, 6) is 0. The predicted molar refractivity (Wildman–Crippen MR) is 78.2 cm³/mol. The molecule has 0 saturated heterocycles. The number of halogens is 1. The van der Waals surface area contributed by atoms with Crippen LogP contribution in [0.1, 0.15) is 16.0 Å². The molecule has 0 aliphatic carbocycles. The lowest BCUT2D eigenvalue weighted by molar-refractivity contribution is 0.700. The van der Waals surface area contributed by atoms with Gasteiger partial charge in [-0.15, -0.1) is 11.3 Å². The van der Waals surface area contributed by atoms with E-state index in [4.69, 9.17) is 5.73 Å². The van der Waals surface area contributed by atoms with E-state index < -0.39 is 0 Å². The molecule has 0 aliphatic rings. The first kappa shape index (κ1) is 12.6. The van der Waals surface area contributed by atoms with Crippen molar-refractivity contribution in [3.8, 4) is 0 Å². The van der Waals surface area contributed by atoms with E-state index in [1.807, 2.05) is 18.2 Å². The number of rotatable bonds is 4. The Bertz CT molecular complexity index is 508. The maximum absolute atomic E-state index is 5.94. The molecule has 0 atom stereocenters. The Balaban J connectivity index is 1.92. The quantitative estimate of drug-likeness (QED) is 0.845. The molecule has 0 unspecified atom stereocenters. The normalized spacial score (nSPS) is 10.7. The number of nitrogens with two attached hydrogens (primary N) is 1. The standard InChI is InChI=1S/C13H15BrN2S/c1-9-4-5-17-13(9)8-16-7-10-2-3-11(14)6-12(10)15/h2-6,16H,7-8,15H2,1H3. The van der Waals surface area contributed by atoms with Crippen LogP contribution in [0.2, 0.25) is 0 Å². The van der Waals surface area contributed by atoms with Gasteiger partial charge in [-0.3, -0.25) is 0 Å². The summed E-state index contributed by atoms with van der Waals surface area (Å²) >= 11 is 5.20. The first-order valence-corrected chi connectivity index (χ1v) is 7.11. The Morgan fingerprint density at radius 2 is 2.12 bits per heavy atom. The fourth-order valence-corrected chi connectivity index (χ4v) is 2.88. The topological polar surface area (TPSA) is 38.0 Å². The minimum Gasteiger partial charge on any atom is -0.398 e. The molecule has 0 radical (unpaired) electrons. The van der Waals surface area contributed by atoms with Crippen molar-refractivity contribution in [3.05, 3.63) is 50.1 Å². The van der Waals surface area contributed by atoms with E-state index >= 15 is 0 Å². The molecule has 0 saturated carbocycles. The average molecular weight is 311 g/mol. The van der Waals surface area contributed by atoms with Crippen molar-refractivity contribution >= 4 is 33.0 Å². The number of nitrogens with one attached hydrogen (secondary N) is 1. The van der Waals surface area contributed by atoms with Crippen molar-refractivity contribution in [2.75, 3.05) is 5.73 Å². The molecule has 2 rings (SSSR count). The summed E-state index contributed by atoms with van der Waals surface area (Å²) in [6.07, 6.45) is 0. The molecule has 0 spiro atoms. The van der Waals surface area contributed by atoms with E-state index in [-0.39, 0.29) is 0 Å². The first-order valence-electron chi connectivity index (χ1n) is 5.44. The minimum absolute atomic E-state index is 0.802. The van der Waals surface area contributed by atoms with Gasteiger partial charge in [0.25, 0.3) is 0 Å². The van der Waals surface area contributed by atoms with E-state index in [1.165, 1.54) is 10.4 Å². The van der Waals surface area contributed by atoms with Crippen LogP contribution in [0.4, 0.5) is 5.69 Å². The molecule has 0 bridgehead atoms. The third kappa shape index (κ3) is 3.31. The largest absolute Gasteiger partial charge is 0.398 e. The maximum atomic E-state index is 5.94. The van der Waals surface area contributed by atoms with Crippen LogP contribution in [0.3, 0.4) is 0 Å². The summed E-state index contributed by atoms with van der Waals surface area (Å²) in [5.41, 5.74) is 9.27. The lowest BCUT2D eigenvalue weighted by atomic mass is 10.2. The van der Waals surface area contributed by atoms with Gasteiger partial charge in [0, 0.05) is 28.1 Å². The minimum atomic E-state index is 0.802. The molecular formula is C13H15BrN2S. The Labute approximate surface area is 114 Å². The Morgan fingerprint density at radius 3 is 2.76 bits per heavy atom. The van der Waals surface area contributed by atoms with Crippen molar-refractivity contribution in [1.82, 2.24) is 5.32 Å². The number of benzene rings is 1. The van der Waals surface area contributed by atoms with Crippen LogP contribution in [0.25, 0.3) is 0 Å². The molecule has 0 amide bonds. The first-order chi connectivity index (χ1) is 8.16. The lowest BCUT2D eigenvalue weighted by Crippen LogP contribution is -2.13. The van der Waals surface area contributed by atoms with Crippen molar-refractivity contribution in [1.29, 1.82) is 0 Å². The zero-order valence-electron chi connectivity index (χ0n) is 9.66. The molecule has 1 aromatic carbocycles. The fraction of sp³-hybridized carbons (Fsp3) is 0.231. The molecule has 4 heteroatoms. The van der Waals surface area contributed by atoms with E-state index in [2.05, 4.69) is 39.6 Å². The molecule has 17 heavy (non-hydrogen) atoms. The number of hydrogen-bond donors (Lipinski definition) is 2. The highest BCUT2D eigenvalue weighted by Gasteiger charge is 2.02. The van der Waals surface area contributed by atoms with Gasteiger partial charge in [0.05, 0.1) is 0 Å². The number of thiophene rings is 1. The molecule has 0 fully saturated rings. The second-order valence-electron chi connectivity index (χ2n) is 3.97. The van der Waals surface area contributed by atoms with Crippen LogP contribution < -0.4 is 11.1 Å². The van der Waals surface area contributed by atoms with Crippen LogP contribution in [0.5, 0.6) is 0 Å². The van der Waals surface area contributed by atoms with Crippen LogP contribution >= 0.6 is 27.3 Å². The van der Waals surface area contributed by atoms with Crippen molar-refractivity contribution in [2.24, 2.45) is 0 Å². The van der Waals surface area contributed by atoms with E-state index in [0.717, 1.165) is 28.8 Å². The van der Waals surface area contributed by atoms with E-state index in [1.54, 1.807) is 11.3 Å². The summed E-state index contributed by atoms with van der Waals surface area (Å²) < 4.78 is 1.02.